The van der Waals surface area contributed by atoms with Gasteiger partial charge in [-0.2, -0.15) is 0 Å². The molecule has 1 atom stereocenters. The third-order valence-electron chi connectivity index (χ3n) is 3.93. The minimum Gasteiger partial charge on any atom is -0.488 e. The molecule has 2 aromatic carbocycles. The van der Waals surface area contributed by atoms with E-state index in [9.17, 15) is 4.79 Å². The zero-order valence-corrected chi connectivity index (χ0v) is 12.8. The van der Waals surface area contributed by atoms with Gasteiger partial charge in [-0.15, -0.1) is 0 Å². The Morgan fingerprint density at radius 3 is 2.82 bits per heavy atom. The van der Waals surface area contributed by atoms with Crippen molar-refractivity contribution >= 4 is 5.97 Å². The van der Waals surface area contributed by atoms with Gasteiger partial charge in [0.2, 0.25) is 0 Å². The van der Waals surface area contributed by atoms with Crippen molar-refractivity contribution in [2.75, 3.05) is 13.7 Å². The van der Waals surface area contributed by atoms with Gasteiger partial charge in [0, 0.05) is 18.5 Å². The van der Waals surface area contributed by atoms with Gasteiger partial charge in [-0.1, -0.05) is 24.3 Å². The molecule has 3 rings (SSSR count). The molecule has 0 aliphatic carbocycles. The molecule has 0 saturated carbocycles. The lowest BCUT2D eigenvalue weighted by Crippen LogP contribution is -2.24. The van der Waals surface area contributed by atoms with Crippen LogP contribution in [0.2, 0.25) is 0 Å². The maximum atomic E-state index is 12.0. The van der Waals surface area contributed by atoms with E-state index in [2.05, 4.69) is 6.07 Å². The summed E-state index contributed by atoms with van der Waals surface area (Å²) in [5, 5.41) is 0. The Kier molecular flexibility index (Phi) is 3.86. The van der Waals surface area contributed by atoms with Crippen LogP contribution in [0.25, 0.3) is 11.1 Å². The lowest BCUT2D eigenvalue weighted by Gasteiger charge is -2.14. The first-order chi connectivity index (χ1) is 10.6. The summed E-state index contributed by atoms with van der Waals surface area (Å²) in [5.41, 5.74) is 10.3. The van der Waals surface area contributed by atoms with E-state index in [0.717, 1.165) is 34.4 Å². The molecule has 0 fully saturated rings. The van der Waals surface area contributed by atoms with Crippen molar-refractivity contribution in [1.82, 2.24) is 0 Å². The van der Waals surface area contributed by atoms with Crippen LogP contribution in [0.3, 0.4) is 0 Å². The van der Waals surface area contributed by atoms with Crippen molar-refractivity contribution < 1.29 is 14.3 Å². The maximum absolute atomic E-state index is 12.0. The van der Waals surface area contributed by atoms with E-state index in [1.54, 1.807) is 6.07 Å². The standard InChI is InChI=1S/C18H19NO3/c1-11-7-12-9-13(10-19)22-17(12)16(8-11)14-5-3-4-6-15(14)18(20)21-2/h3-8,13H,9-10,19H2,1-2H3/t13-/m1/s1. The molecule has 1 aliphatic rings. The Morgan fingerprint density at radius 1 is 1.32 bits per heavy atom. The molecule has 0 bridgehead atoms. The molecular weight excluding hydrogens is 278 g/mol. The lowest BCUT2D eigenvalue weighted by atomic mass is 9.94. The molecule has 4 nitrogen and oxygen atoms in total. The van der Waals surface area contributed by atoms with Gasteiger partial charge in [-0.3, -0.25) is 0 Å². The number of ether oxygens (including phenoxy) is 2. The number of hydrogen-bond acceptors (Lipinski definition) is 4. The van der Waals surface area contributed by atoms with E-state index >= 15 is 0 Å². The Balaban J connectivity index is 2.17. The van der Waals surface area contributed by atoms with Crippen molar-refractivity contribution in [3.63, 3.8) is 0 Å². The second-order valence-electron chi connectivity index (χ2n) is 5.52. The first kappa shape index (κ1) is 14.6. The summed E-state index contributed by atoms with van der Waals surface area (Å²) in [4.78, 5) is 12.0. The van der Waals surface area contributed by atoms with E-state index in [0.29, 0.717) is 12.1 Å². The summed E-state index contributed by atoms with van der Waals surface area (Å²) in [6.07, 6.45) is 0.807. The molecule has 114 valence electrons. The fourth-order valence-corrected chi connectivity index (χ4v) is 2.93. The Bertz CT molecular complexity index is 724. The van der Waals surface area contributed by atoms with E-state index in [-0.39, 0.29) is 12.1 Å². The molecule has 2 aromatic rings. The molecule has 0 unspecified atom stereocenters. The van der Waals surface area contributed by atoms with Crippen molar-refractivity contribution in [1.29, 1.82) is 0 Å². The van der Waals surface area contributed by atoms with Gasteiger partial charge in [0.25, 0.3) is 0 Å². The normalized spacial score (nSPS) is 16.0. The molecule has 1 heterocycles. The SMILES string of the molecule is COC(=O)c1ccccc1-c1cc(C)cc2c1O[C@@H](CN)C2. The number of carbonyl (C=O) groups excluding carboxylic acids is 1. The average molecular weight is 297 g/mol. The van der Waals surface area contributed by atoms with Crippen molar-refractivity contribution in [2.45, 2.75) is 19.4 Å². The van der Waals surface area contributed by atoms with Gasteiger partial charge in [-0.25, -0.2) is 4.79 Å². The number of fused-ring (bicyclic) bond motifs is 1. The fraction of sp³-hybridized carbons (Fsp3) is 0.278. The minimum atomic E-state index is -0.348. The van der Waals surface area contributed by atoms with Crippen LogP contribution >= 0.6 is 0 Å². The second-order valence-corrected chi connectivity index (χ2v) is 5.52. The summed E-state index contributed by atoms with van der Waals surface area (Å²) in [5.74, 6) is 0.483. The highest BCUT2D eigenvalue weighted by Crippen LogP contribution is 2.41. The molecule has 4 heteroatoms. The summed E-state index contributed by atoms with van der Waals surface area (Å²) >= 11 is 0. The Labute approximate surface area is 129 Å². The molecule has 2 N–H and O–H groups in total. The van der Waals surface area contributed by atoms with E-state index < -0.39 is 0 Å². The van der Waals surface area contributed by atoms with Gasteiger partial charge in [0.1, 0.15) is 11.9 Å². The number of rotatable bonds is 3. The largest absolute Gasteiger partial charge is 0.488 e. The maximum Gasteiger partial charge on any atom is 0.338 e. The van der Waals surface area contributed by atoms with Crippen LogP contribution in [-0.4, -0.2) is 25.7 Å². The first-order valence-corrected chi connectivity index (χ1v) is 7.32. The third kappa shape index (κ3) is 2.46. The number of nitrogens with two attached hydrogens (primary N) is 1. The first-order valence-electron chi connectivity index (χ1n) is 7.32. The molecular formula is C18H19NO3. The van der Waals surface area contributed by atoms with Gasteiger partial charge in [-0.05, 0) is 35.7 Å². The van der Waals surface area contributed by atoms with E-state index in [1.807, 2.05) is 31.2 Å². The highest BCUT2D eigenvalue weighted by molar-refractivity contribution is 5.98. The predicted octanol–water partition coefficient (Wildman–Crippen LogP) is 2.71. The zero-order valence-electron chi connectivity index (χ0n) is 12.8. The van der Waals surface area contributed by atoms with Crippen LogP contribution in [0.4, 0.5) is 0 Å². The summed E-state index contributed by atoms with van der Waals surface area (Å²) < 4.78 is 10.9. The highest BCUT2D eigenvalue weighted by Gasteiger charge is 2.27. The lowest BCUT2D eigenvalue weighted by molar-refractivity contribution is 0.0601. The summed E-state index contributed by atoms with van der Waals surface area (Å²) in [6.45, 7) is 2.52. The van der Waals surface area contributed by atoms with E-state index in [1.165, 1.54) is 7.11 Å². The van der Waals surface area contributed by atoms with Crippen LogP contribution in [-0.2, 0) is 11.2 Å². The number of aryl methyl sites for hydroxylation is 1. The predicted molar refractivity (Wildman–Crippen MR) is 85.1 cm³/mol. The van der Waals surface area contributed by atoms with Crippen molar-refractivity contribution in [3.8, 4) is 16.9 Å². The third-order valence-corrected chi connectivity index (χ3v) is 3.93. The van der Waals surface area contributed by atoms with Crippen LogP contribution < -0.4 is 10.5 Å². The molecule has 22 heavy (non-hydrogen) atoms. The topological polar surface area (TPSA) is 61.5 Å². The number of carbonyl (C=O) groups is 1. The summed E-state index contributed by atoms with van der Waals surface area (Å²) in [7, 11) is 1.39. The minimum absolute atomic E-state index is 0.000777. The number of benzene rings is 2. The number of hydrogen-bond donors (Lipinski definition) is 1. The molecule has 0 aromatic heterocycles. The van der Waals surface area contributed by atoms with Crippen LogP contribution in [0.15, 0.2) is 36.4 Å². The number of methoxy groups -OCH3 is 1. The Hall–Kier alpha value is -2.33. The van der Waals surface area contributed by atoms with E-state index in [4.69, 9.17) is 15.2 Å². The Morgan fingerprint density at radius 2 is 2.09 bits per heavy atom. The molecule has 0 spiro atoms. The molecule has 1 aliphatic heterocycles. The quantitative estimate of drug-likeness (QED) is 0.885. The molecule has 0 radical (unpaired) electrons. The van der Waals surface area contributed by atoms with Crippen LogP contribution in [0.1, 0.15) is 21.5 Å². The average Bonchev–Trinajstić information content (AvgIpc) is 2.96. The second kappa shape index (κ2) is 5.81. The molecule has 0 amide bonds. The molecule has 0 saturated heterocycles. The van der Waals surface area contributed by atoms with Gasteiger partial charge in [0.05, 0.1) is 12.7 Å². The van der Waals surface area contributed by atoms with Crippen LogP contribution in [0, 0.1) is 6.92 Å². The zero-order chi connectivity index (χ0) is 15.7. The van der Waals surface area contributed by atoms with Gasteiger partial charge >= 0.3 is 5.97 Å². The summed E-state index contributed by atoms with van der Waals surface area (Å²) in [6, 6.07) is 11.6. The number of esters is 1. The van der Waals surface area contributed by atoms with Gasteiger partial charge < -0.3 is 15.2 Å². The van der Waals surface area contributed by atoms with Crippen molar-refractivity contribution in [2.24, 2.45) is 5.73 Å². The van der Waals surface area contributed by atoms with Crippen LogP contribution in [0.5, 0.6) is 5.75 Å². The smallest absolute Gasteiger partial charge is 0.338 e. The highest BCUT2D eigenvalue weighted by atomic mass is 16.5. The fourth-order valence-electron chi connectivity index (χ4n) is 2.93. The monoisotopic (exact) mass is 297 g/mol. The van der Waals surface area contributed by atoms with Gasteiger partial charge in [0.15, 0.2) is 0 Å². The van der Waals surface area contributed by atoms with Crippen molar-refractivity contribution in [3.05, 3.63) is 53.1 Å².